The Morgan fingerprint density at radius 1 is 1.13 bits per heavy atom. The molecule has 2 N–H and O–H groups in total. The zero-order chi connectivity index (χ0) is 21.8. The highest BCUT2D eigenvalue weighted by Gasteiger charge is 2.46. The van der Waals surface area contributed by atoms with Crippen molar-refractivity contribution < 1.29 is 24.5 Å². The first-order chi connectivity index (χ1) is 14.3. The smallest absolute Gasteiger partial charge is 0.295 e. The van der Waals surface area contributed by atoms with Gasteiger partial charge in [0, 0.05) is 12.1 Å². The minimum absolute atomic E-state index is 0.0133. The number of aryl methyl sites for hydroxylation is 1. The Labute approximate surface area is 176 Å². The van der Waals surface area contributed by atoms with Crippen LogP contribution in [0.4, 0.5) is 0 Å². The Kier molecular flexibility index (Phi) is 6.57. The topological polar surface area (TPSA) is 87.1 Å². The maximum atomic E-state index is 12.9. The number of rotatable bonds is 7. The summed E-state index contributed by atoms with van der Waals surface area (Å²) in [4.78, 5) is 27.1. The molecule has 1 atom stereocenters. The third-order valence-corrected chi connectivity index (χ3v) is 5.14. The largest absolute Gasteiger partial charge is 0.508 e. The van der Waals surface area contributed by atoms with Gasteiger partial charge in [0.2, 0.25) is 0 Å². The number of Topliss-reactive ketones (excluding diaryl/α,β-unsaturated/α-hetero) is 1. The van der Waals surface area contributed by atoms with E-state index in [9.17, 15) is 19.8 Å². The number of ketones is 1. The average molecular weight is 409 g/mol. The van der Waals surface area contributed by atoms with Crippen LogP contribution in [0.1, 0.15) is 43.5 Å². The van der Waals surface area contributed by atoms with Crippen LogP contribution in [0.3, 0.4) is 0 Å². The number of hydrogen-bond acceptors (Lipinski definition) is 5. The van der Waals surface area contributed by atoms with E-state index in [0.717, 1.165) is 12.0 Å². The third-order valence-electron chi connectivity index (χ3n) is 5.14. The summed E-state index contributed by atoms with van der Waals surface area (Å²) >= 11 is 0. The van der Waals surface area contributed by atoms with E-state index < -0.39 is 17.7 Å². The van der Waals surface area contributed by atoms with E-state index >= 15 is 0 Å². The van der Waals surface area contributed by atoms with E-state index in [1.807, 2.05) is 32.9 Å². The van der Waals surface area contributed by atoms with Gasteiger partial charge in [-0.05, 0) is 43.5 Å². The summed E-state index contributed by atoms with van der Waals surface area (Å²) in [6.45, 7) is 6.25. The fourth-order valence-electron chi connectivity index (χ4n) is 3.59. The van der Waals surface area contributed by atoms with Gasteiger partial charge in [0.15, 0.2) is 0 Å². The summed E-state index contributed by atoms with van der Waals surface area (Å²) < 4.78 is 5.57. The second-order valence-electron chi connectivity index (χ2n) is 7.56. The maximum absolute atomic E-state index is 12.9. The zero-order valence-electron chi connectivity index (χ0n) is 17.5. The predicted octanol–water partition coefficient (Wildman–Crippen LogP) is 3.80. The normalized spacial score (nSPS) is 18.4. The highest BCUT2D eigenvalue weighted by atomic mass is 16.5. The molecule has 3 rings (SSSR count). The molecule has 1 amide bonds. The molecule has 2 aromatic rings. The number of hydrogen-bond donors (Lipinski definition) is 2. The minimum Gasteiger partial charge on any atom is -0.508 e. The van der Waals surface area contributed by atoms with Crippen molar-refractivity contribution in [2.75, 3.05) is 13.2 Å². The monoisotopic (exact) mass is 409 g/mol. The quantitative estimate of drug-likeness (QED) is 0.413. The van der Waals surface area contributed by atoms with E-state index in [0.29, 0.717) is 11.1 Å². The van der Waals surface area contributed by atoms with E-state index in [1.54, 1.807) is 24.3 Å². The van der Waals surface area contributed by atoms with Crippen LogP contribution in [-0.4, -0.2) is 46.1 Å². The van der Waals surface area contributed by atoms with Gasteiger partial charge in [-0.15, -0.1) is 0 Å². The molecule has 1 unspecified atom stereocenters. The predicted molar refractivity (Wildman–Crippen MR) is 114 cm³/mol. The molecule has 1 fully saturated rings. The lowest BCUT2D eigenvalue weighted by Gasteiger charge is -2.25. The van der Waals surface area contributed by atoms with Crippen molar-refractivity contribution >= 4 is 17.4 Å². The van der Waals surface area contributed by atoms with Crippen molar-refractivity contribution in [2.45, 2.75) is 39.3 Å². The van der Waals surface area contributed by atoms with Crippen LogP contribution >= 0.6 is 0 Å². The summed E-state index contributed by atoms with van der Waals surface area (Å²) in [6, 6.07) is 12.8. The summed E-state index contributed by atoms with van der Waals surface area (Å²) in [5.74, 6) is -1.65. The number of aromatic hydroxyl groups is 1. The summed E-state index contributed by atoms with van der Waals surface area (Å²) in [7, 11) is 0. The Bertz CT molecular complexity index is 962. The van der Waals surface area contributed by atoms with Gasteiger partial charge in [0.25, 0.3) is 11.7 Å². The van der Waals surface area contributed by atoms with Crippen LogP contribution in [0.15, 0.2) is 54.1 Å². The first kappa shape index (κ1) is 21.6. The van der Waals surface area contributed by atoms with Crippen LogP contribution in [0.25, 0.3) is 5.76 Å². The van der Waals surface area contributed by atoms with Crippen LogP contribution in [0.2, 0.25) is 0 Å². The van der Waals surface area contributed by atoms with Crippen molar-refractivity contribution in [3.8, 4) is 5.75 Å². The number of ether oxygens (including phenoxy) is 1. The molecule has 1 saturated heterocycles. The van der Waals surface area contributed by atoms with E-state index in [1.165, 1.54) is 17.0 Å². The number of carbonyl (C=O) groups is 2. The number of phenolic OH excluding ortho intramolecular Hbond substituents is 1. The van der Waals surface area contributed by atoms with Crippen LogP contribution in [0.5, 0.6) is 5.75 Å². The SMILES string of the molecule is CCc1ccc(/C(O)=C2/C(=O)C(=O)N(CCOC(C)C)C2c2cccc(O)c2)cc1. The third kappa shape index (κ3) is 4.39. The Hall–Kier alpha value is -3.12. The first-order valence-electron chi connectivity index (χ1n) is 10.1. The van der Waals surface area contributed by atoms with Gasteiger partial charge in [-0.2, -0.15) is 0 Å². The summed E-state index contributed by atoms with van der Waals surface area (Å²) in [5.41, 5.74) is 2.13. The van der Waals surface area contributed by atoms with Gasteiger partial charge in [0.1, 0.15) is 11.5 Å². The van der Waals surface area contributed by atoms with Crippen molar-refractivity contribution in [3.05, 3.63) is 70.8 Å². The van der Waals surface area contributed by atoms with Gasteiger partial charge in [0.05, 0.1) is 24.3 Å². The lowest BCUT2D eigenvalue weighted by atomic mass is 9.95. The Balaban J connectivity index is 2.08. The highest BCUT2D eigenvalue weighted by molar-refractivity contribution is 6.46. The van der Waals surface area contributed by atoms with Crippen LogP contribution < -0.4 is 0 Å². The molecule has 6 heteroatoms. The fourth-order valence-corrected chi connectivity index (χ4v) is 3.59. The zero-order valence-corrected chi connectivity index (χ0v) is 17.5. The van der Waals surface area contributed by atoms with Gasteiger partial charge < -0.3 is 19.8 Å². The number of likely N-dealkylation sites (tertiary alicyclic amines) is 1. The van der Waals surface area contributed by atoms with Gasteiger partial charge >= 0.3 is 0 Å². The van der Waals surface area contributed by atoms with E-state index in [-0.39, 0.29) is 36.3 Å². The number of aliphatic hydroxyl groups excluding tert-OH is 1. The van der Waals surface area contributed by atoms with Crippen molar-refractivity contribution in [3.63, 3.8) is 0 Å². The molecule has 158 valence electrons. The van der Waals surface area contributed by atoms with Crippen LogP contribution in [-0.2, 0) is 20.7 Å². The molecule has 0 aliphatic carbocycles. The molecule has 1 heterocycles. The number of nitrogens with zero attached hydrogens (tertiary/aromatic N) is 1. The van der Waals surface area contributed by atoms with Crippen molar-refractivity contribution in [2.24, 2.45) is 0 Å². The molecule has 30 heavy (non-hydrogen) atoms. The van der Waals surface area contributed by atoms with Crippen LogP contribution in [0, 0.1) is 0 Å². The number of benzene rings is 2. The van der Waals surface area contributed by atoms with Gasteiger partial charge in [-0.25, -0.2) is 0 Å². The van der Waals surface area contributed by atoms with E-state index in [4.69, 9.17) is 4.74 Å². The molecule has 0 saturated carbocycles. The molecule has 2 aromatic carbocycles. The minimum atomic E-state index is -0.807. The molecule has 0 aromatic heterocycles. The second kappa shape index (κ2) is 9.13. The molecular weight excluding hydrogens is 382 g/mol. The average Bonchev–Trinajstić information content (AvgIpc) is 2.98. The van der Waals surface area contributed by atoms with E-state index in [2.05, 4.69) is 0 Å². The number of carbonyl (C=O) groups excluding carboxylic acids is 2. The molecular formula is C24H27NO5. The number of amides is 1. The van der Waals surface area contributed by atoms with Crippen molar-refractivity contribution in [1.29, 1.82) is 0 Å². The maximum Gasteiger partial charge on any atom is 0.295 e. The van der Waals surface area contributed by atoms with Gasteiger partial charge in [-0.1, -0.05) is 43.3 Å². The van der Waals surface area contributed by atoms with Crippen molar-refractivity contribution in [1.82, 2.24) is 4.90 Å². The molecule has 1 aliphatic heterocycles. The molecule has 0 radical (unpaired) electrons. The second-order valence-corrected chi connectivity index (χ2v) is 7.56. The summed E-state index contributed by atoms with van der Waals surface area (Å²) in [6.07, 6.45) is 0.836. The summed E-state index contributed by atoms with van der Waals surface area (Å²) in [5, 5.41) is 20.9. The lowest BCUT2D eigenvalue weighted by Crippen LogP contribution is -2.33. The van der Waals surface area contributed by atoms with Gasteiger partial charge in [-0.3, -0.25) is 9.59 Å². The first-order valence-corrected chi connectivity index (χ1v) is 10.1. The molecule has 6 nitrogen and oxygen atoms in total. The molecule has 0 bridgehead atoms. The molecule has 1 aliphatic rings. The Morgan fingerprint density at radius 2 is 1.83 bits per heavy atom. The lowest BCUT2D eigenvalue weighted by molar-refractivity contribution is -0.140. The highest BCUT2D eigenvalue weighted by Crippen LogP contribution is 2.40. The Morgan fingerprint density at radius 3 is 2.43 bits per heavy atom. The fraction of sp³-hybridized carbons (Fsp3) is 0.333. The molecule has 0 spiro atoms. The number of phenols is 1. The standard InChI is InChI=1S/C24H27NO5/c1-4-16-8-10-17(11-9-16)22(27)20-21(18-6-5-7-19(26)14-18)25(24(29)23(20)28)12-13-30-15(2)3/h5-11,14-15,21,26-27H,4,12-13H2,1-3H3/b22-20-. The number of aliphatic hydroxyl groups is 1.